The van der Waals surface area contributed by atoms with E-state index in [4.69, 9.17) is 16.3 Å². The van der Waals surface area contributed by atoms with E-state index in [1.807, 2.05) is 0 Å². The van der Waals surface area contributed by atoms with Gasteiger partial charge in [0, 0.05) is 6.42 Å². The highest BCUT2D eigenvalue weighted by Crippen LogP contribution is 2.15. The summed E-state index contributed by atoms with van der Waals surface area (Å²) in [6, 6.07) is 4.27. The van der Waals surface area contributed by atoms with Crippen molar-refractivity contribution in [2.45, 2.75) is 13.3 Å². The van der Waals surface area contributed by atoms with Crippen LogP contribution in [0.4, 0.5) is 4.39 Å². The Morgan fingerprint density at radius 3 is 2.71 bits per heavy atom. The lowest BCUT2D eigenvalue weighted by Crippen LogP contribution is -2.11. The van der Waals surface area contributed by atoms with E-state index in [1.165, 1.54) is 18.2 Å². The highest BCUT2D eigenvalue weighted by Gasteiger charge is 2.17. The summed E-state index contributed by atoms with van der Waals surface area (Å²) in [5.74, 6) is -1.93. The van der Waals surface area contributed by atoms with Gasteiger partial charge in [-0.3, -0.25) is 4.79 Å². The number of ether oxygens (including phenoxy) is 1. The van der Waals surface area contributed by atoms with Crippen molar-refractivity contribution in [3.8, 4) is 0 Å². The molecule has 0 spiro atoms. The SMILES string of the molecule is CCOC(=O)c1cccc(CC(=O)CCl)c1F. The van der Waals surface area contributed by atoms with Crippen molar-refractivity contribution in [3.05, 3.63) is 35.1 Å². The maximum atomic E-state index is 13.8. The smallest absolute Gasteiger partial charge is 0.341 e. The van der Waals surface area contributed by atoms with Crippen molar-refractivity contribution in [1.82, 2.24) is 0 Å². The Morgan fingerprint density at radius 1 is 1.41 bits per heavy atom. The Hall–Kier alpha value is -1.42. The largest absolute Gasteiger partial charge is 0.462 e. The van der Waals surface area contributed by atoms with Crippen LogP contribution < -0.4 is 0 Å². The molecule has 0 unspecified atom stereocenters. The van der Waals surface area contributed by atoms with Gasteiger partial charge in [0.15, 0.2) is 5.78 Å². The predicted molar refractivity (Wildman–Crippen MR) is 61.8 cm³/mol. The molecule has 0 aliphatic rings. The number of carbonyl (C=O) groups is 2. The molecule has 0 atom stereocenters. The number of rotatable bonds is 5. The molecule has 0 aromatic heterocycles. The van der Waals surface area contributed by atoms with Gasteiger partial charge in [-0.25, -0.2) is 9.18 Å². The lowest BCUT2D eigenvalue weighted by molar-refractivity contribution is -0.116. The van der Waals surface area contributed by atoms with Crippen molar-refractivity contribution in [1.29, 1.82) is 0 Å². The molecule has 0 saturated carbocycles. The molecule has 0 bridgehead atoms. The zero-order chi connectivity index (χ0) is 12.8. The fourth-order valence-corrected chi connectivity index (χ4v) is 1.44. The van der Waals surface area contributed by atoms with Gasteiger partial charge in [-0.05, 0) is 18.6 Å². The summed E-state index contributed by atoms with van der Waals surface area (Å²) in [5.41, 5.74) is -0.00655. The van der Waals surface area contributed by atoms with Gasteiger partial charge in [0.05, 0.1) is 18.1 Å². The molecule has 1 aromatic rings. The van der Waals surface area contributed by atoms with Gasteiger partial charge in [-0.1, -0.05) is 12.1 Å². The van der Waals surface area contributed by atoms with Crippen molar-refractivity contribution in [3.63, 3.8) is 0 Å². The van der Waals surface area contributed by atoms with Crippen molar-refractivity contribution >= 4 is 23.4 Å². The first-order chi connectivity index (χ1) is 8.10. The van der Waals surface area contributed by atoms with E-state index < -0.39 is 11.8 Å². The van der Waals surface area contributed by atoms with E-state index in [-0.39, 0.29) is 35.8 Å². The summed E-state index contributed by atoms with van der Waals surface area (Å²) < 4.78 is 18.6. The zero-order valence-corrected chi connectivity index (χ0v) is 10.1. The minimum Gasteiger partial charge on any atom is -0.462 e. The van der Waals surface area contributed by atoms with Crippen LogP contribution in [-0.2, 0) is 16.0 Å². The standard InChI is InChI=1S/C12H12ClFO3/c1-2-17-12(16)10-5-3-4-8(11(10)14)6-9(15)7-13/h3-5H,2,6-7H2,1H3. The second-order valence-electron chi connectivity index (χ2n) is 3.35. The summed E-state index contributed by atoms with van der Waals surface area (Å²) in [4.78, 5) is 22.5. The second-order valence-corrected chi connectivity index (χ2v) is 3.62. The molecule has 0 heterocycles. The van der Waals surface area contributed by atoms with Gasteiger partial charge >= 0.3 is 5.97 Å². The van der Waals surface area contributed by atoms with Crippen molar-refractivity contribution in [2.24, 2.45) is 0 Å². The van der Waals surface area contributed by atoms with Gasteiger partial charge in [0.1, 0.15) is 5.82 Å². The quantitative estimate of drug-likeness (QED) is 0.601. The van der Waals surface area contributed by atoms with Crippen LogP contribution in [0.1, 0.15) is 22.8 Å². The first kappa shape index (κ1) is 13.6. The molecule has 5 heteroatoms. The lowest BCUT2D eigenvalue weighted by Gasteiger charge is -2.06. The lowest BCUT2D eigenvalue weighted by atomic mass is 10.1. The molecule has 0 aliphatic heterocycles. The normalized spacial score (nSPS) is 10.1. The zero-order valence-electron chi connectivity index (χ0n) is 9.33. The van der Waals surface area contributed by atoms with E-state index in [0.29, 0.717) is 0 Å². The molecule has 0 radical (unpaired) electrons. The fraction of sp³-hybridized carbons (Fsp3) is 0.333. The number of esters is 1. The van der Waals surface area contributed by atoms with Crippen LogP contribution in [0.15, 0.2) is 18.2 Å². The van der Waals surface area contributed by atoms with Crippen LogP contribution in [0.2, 0.25) is 0 Å². The molecular formula is C12H12ClFO3. The van der Waals surface area contributed by atoms with Crippen LogP contribution >= 0.6 is 11.6 Å². The number of carbonyl (C=O) groups excluding carboxylic acids is 2. The molecular weight excluding hydrogens is 247 g/mol. The van der Waals surface area contributed by atoms with Gasteiger partial charge < -0.3 is 4.74 Å². The Labute approximate surface area is 104 Å². The number of ketones is 1. The minimum absolute atomic E-state index is 0.122. The van der Waals surface area contributed by atoms with E-state index in [2.05, 4.69) is 0 Å². The average Bonchev–Trinajstić information content (AvgIpc) is 2.32. The number of hydrogen-bond donors (Lipinski definition) is 0. The van der Waals surface area contributed by atoms with Gasteiger partial charge in [-0.15, -0.1) is 11.6 Å². The first-order valence-electron chi connectivity index (χ1n) is 5.12. The Bertz CT molecular complexity index is 432. The van der Waals surface area contributed by atoms with E-state index >= 15 is 0 Å². The summed E-state index contributed by atoms with van der Waals surface area (Å²) in [6.07, 6.45) is -0.122. The fourth-order valence-electron chi connectivity index (χ4n) is 1.34. The molecule has 3 nitrogen and oxygen atoms in total. The molecule has 0 fully saturated rings. The molecule has 0 amide bonds. The molecule has 92 valence electrons. The Balaban J connectivity index is 2.98. The third-order valence-corrected chi connectivity index (χ3v) is 2.41. The molecule has 0 N–H and O–H groups in total. The molecule has 17 heavy (non-hydrogen) atoms. The van der Waals surface area contributed by atoms with Gasteiger partial charge in [0.2, 0.25) is 0 Å². The number of benzene rings is 1. The predicted octanol–water partition coefficient (Wildman–Crippen LogP) is 2.35. The minimum atomic E-state index is -0.731. The highest BCUT2D eigenvalue weighted by atomic mass is 35.5. The summed E-state index contributed by atoms with van der Waals surface area (Å²) in [6.45, 7) is 1.81. The summed E-state index contributed by atoms with van der Waals surface area (Å²) >= 11 is 5.34. The molecule has 0 saturated heterocycles. The maximum Gasteiger partial charge on any atom is 0.341 e. The first-order valence-corrected chi connectivity index (χ1v) is 5.65. The van der Waals surface area contributed by atoms with Crippen LogP contribution in [-0.4, -0.2) is 24.2 Å². The number of Topliss-reactive ketones (excluding diaryl/α,β-unsaturated/α-hetero) is 1. The number of alkyl halides is 1. The van der Waals surface area contributed by atoms with E-state index in [0.717, 1.165) is 0 Å². The van der Waals surface area contributed by atoms with Crippen LogP contribution in [0.5, 0.6) is 0 Å². The Morgan fingerprint density at radius 2 is 2.12 bits per heavy atom. The van der Waals surface area contributed by atoms with E-state index in [1.54, 1.807) is 6.92 Å². The van der Waals surface area contributed by atoms with Crippen molar-refractivity contribution < 1.29 is 18.7 Å². The maximum absolute atomic E-state index is 13.8. The molecule has 0 aliphatic carbocycles. The topological polar surface area (TPSA) is 43.4 Å². The van der Waals surface area contributed by atoms with Gasteiger partial charge in [0.25, 0.3) is 0 Å². The van der Waals surface area contributed by atoms with Crippen LogP contribution in [0.3, 0.4) is 0 Å². The van der Waals surface area contributed by atoms with Crippen LogP contribution in [0.25, 0.3) is 0 Å². The van der Waals surface area contributed by atoms with E-state index in [9.17, 15) is 14.0 Å². The number of halogens is 2. The van der Waals surface area contributed by atoms with Crippen molar-refractivity contribution in [2.75, 3.05) is 12.5 Å². The van der Waals surface area contributed by atoms with Gasteiger partial charge in [-0.2, -0.15) is 0 Å². The number of hydrogen-bond acceptors (Lipinski definition) is 3. The third-order valence-electron chi connectivity index (χ3n) is 2.11. The monoisotopic (exact) mass is 258 g/mol. The average molecular weight is 259 g/mol. The highest BCUT2D eigenvalue weighted by molar-refractivity contribution is 6.27. The summed E-state index contributed by atoms with van der Waals surface area (Å²) in [5, 5.41) is 0. The summed E-state index contributed by atoms with van der Waals surface area (Å²) in [7, 11) is 0. The second kappa shape index (κ2) is 6.35. The third kappa shape index (κ3) is 3.53. The van der Waals surface area contributed by atoms with Crippen LogP contribution in [0, 0.1) is 5.82 Å². The molecule has 1 aromatic carbocycles. The Kier molecular flexibility index (Phi) is 5.10. The molecule has 1 rings (SSSR count).